The van der Waals surface area contributed by atoms with Gasteiger partial charge in [-0.2, -0.15) is 0 Å². The Bertz CT molecular complexity index is 243. The molecule has 2 N–H and O–H groups in total. The molecule has 1 saturated heterocycles. The molecule has 1 rings (SSSR count). The van der Waals surface area contributed by atoms with Crippen molar-refractivity contribution in [3.8, 4) is 0 Å². The van der Waals surface area contributed by atoms with E-state index in [1.165, 1.54) is 0 Å². The number of rotatable bonds is 3. The molecule has 0 radical (unpaired) electrons. The van der Waals surface area contributed by atoms with Crippen LogP contribution < -0.4 is 5.32 Å². The maximum Gasteiger partial charge on any atom is 0.407 e. The molecule has 100 valence electrons. The Labute approximate surface area is 102 Å². The topological polar surface area (TPSA) is 67.8 Å². The van der Waals surface area contributed by atoms with Gasteiger partial charge in [0.1, 0.15) is 5.60 Å². The van der Waals surface area contributed by atoms with Crippen molar-refractivity contribution in [1.29, 1.82) is 0 Å². The Balaban J connectivity index is 2.42. The zero-order chi connectivity index (χ0) is 12.9. The van der Waals surface area contributed by atoms with Gasteiger partial charge >= 0.3 is 6.09 Å². The van der Waals surface area contributed by atoms with Crippen LogP contribution in [0.4, 0.5) is 4.79 Å². The summed E-state index contributed by atoms with van der Waals surface area (Å²) in [6.07, 6.45) is 1.25. The predicted molar refractivity (Wildman–Crippen MR) is 63.8 cm³/mol. The van der Waals surface area contributed by atoms with Gasteiger partial charge in [0.05, 0.1) is 12.6 Å². The second-order valence-corrected chi connectivity index (χ2v) is 5.39. The number of ether oxygens (including phenoxy) is 2. The van der Waals surface area contributed by atoms with Gasteiger partial charge in [-0.3, -0.25) is 0 Å². The summed E-state index contributed by atoms with van der Waals surface area (Å²) >= 11 is 0. The van der Waals surface area contributed by atoms with Crippen molar-refractivity contribution in [2.45, 2.75) is 45.3 Å². The number of amides is 1. The predicted octanol–water partition coefficient (Wildman–Crippen LogP) is 1.30. The van der Waals surface area contributed by atoms with Crippen LogP contribution in [-0.2, 0) is 9.47 Å². The van der Waals surface area contributed by atoms with Crippen molar-refractivity contribution in [2.24, 2.45) is 5.92 Å². The smallest absolute Gasteiger partial charge is 0.407 e. The average Bonchev–Trinajstić information content (AvgIpc) is 2.24. The monoisotopic (exact) mass is 245 g/mol. The largest absolute Gasteiger partial charge is 0.444 e. The van der Waals surface area contributed by atoms with Gasteiger partial charge < -0.3 is 19.9 Å². The zero-order valence-corrected chi connectivity index (χ0v) is 10.9. The van der Waals surface area contributed by atoms with E-state index in [9.17, 15) is 9.90 Å². The van der Waals surface area contributed by atoms with Crippen molar-refractivity contribution < 1.29 is 19.4 Å². The lowest BCUT2D eigenvalue weighted by molar-refractivity contribution is 0.0272. The van der Waals surface area contributed by atoms with Crippen LogP contribution in [-0.4, -0.2) is 42.7 Å². The Kier molecular flexibility index (Phi) is 5.21. The van der Waals surface area contributed by atoms with E-state index in [2.05, 4.69) is 5.32 Å². The molecule has 0 aliphatic carbocycles. The normalized spacial score (nSPS) is 19.8. The fourth-order valence-corrected chi connectivity index (χ4v) is 1.89. The Hall–Kier alpha value is -0.810. The Morgan fingerprint density at radius 3 is 2.53 bits per heavy atom. The Morgan fingerprint density at radius 1 is 1.47 bits per heavy atom. The molecule has 17 heavy (non-hydrogen) atoms. The van der Waals surface area contributed by atoms with Crippen LogP contribution in [0, 0.1) is 5.92 Å². The summed E-state index contributed by atoms with van der Waals surface area (Å²) in [7, 11) is 0. The molecule has 1 fully saturated rings. The molecule has 0 aromatic heterocycles. The van der Waals surface area contributed by atoms with Crippen LogP contribution in [0.15, 0.2) is 0 Å². The van der Waals surface area contributed by atoms with Gasteiger partial charge in [-0.15, -0.1) is 0 Å². The van der Waals surface area contributed by atoms with Crippen LogP contribution in [0.3, 0.4) is 0 Å². The third-order valence-electron chi connectivity index (χ3n) is 2.73. The molecule has 1 heterocycles. The summed E-state index contributed by atoms with van der Waals surface area (Å²) in [5, 5.41) is 12.0. The fraction of sp³-hybridized carbons (Fsp3) is 0.917. The third kappa shape index (κ3) is 5.37. The molecule has 0 spiro atoms. The minimum absolute atomic E-state index is 0.0656. The van der Waals surface area contributed by atoms with Gasteiger partial charge in [-0.25, -0.2) is 4.79 Å². The highest BCUT2D eigenvalue weighted by Crippen LogP contribution is 2.19. The van der Waals surface area contributed by atoms with Crippen molar-refractivity contribution in [1.82, 2.24) is 5.32 Å². The summed E-state index contributed by atoms with van der Waals surface area (Å²) in [6, 6.07) is -0.242. The highest BCUT2D eigenvalue weighted by molar-refractivity contribution is 5.68. The van der Waals surface area contributed by atoms with E-state index >= 15 is 0 Å². The van der Waals surface area contributed by atoms with Crippen molar-refractivity contribution in [2.75, 3.05) is 19.8 Å². The number of alkyl carbamates (subject to hydrolysis) is 1. The lowest BCUT2D eigenvalue weighted by Crippen LogP contribution is -2.46. The summed E-state index contributed by atoms with van der Waals surface area (Å²) in [4.78, 5) is 11.6. The van der Waals surface area contributed by atoms with Crippen LogP contribution in [0.25, 0.3) is 0 Å². The zero-order valence-electron chi connectivity index (χ0n) is 10.9. The number of carbonyl (C=O) groups is 1. The van der Waals surface area contributed by atoms with E-state index in [-0.39, 0.29) is 18.6 Å². The van der Waals surface area contributed by atoms with E-state index in [0.29, 0.717) is 13.2 Å². The van der Waals surface area contributed by atoms with Gasteiger partial charge in [0.2, 0.25) is 0 Å². The molecule has 0 aromatic carbocycles. The Morgan fingerprint density at radius 2 is 2.06 bits per heavy atom. The molecule has 1 aliphatic heterocycles. The number of hydrogen-bond acceptors (Lipinski definition) is 4. The molecular weight excluding hydrogens is 222 g/mol. The first-order chi connectivity index (χ1) is 7.92. The molecule has 0 bridgehead atoms. The summed E-state index contributed by atoms with van der Waals surface area (Å²) in [5.74, 6) is 0.265. The van der Waals surface area contributed by atoms with Gasteiger partial charge in [0.25, 0.3) is 0 Å². The first-order valence-electron chi connectivity index (χ1n) is 6.10. The van der Waals surface area contributed by atoms with Gasteiger partial charge in [0, 0.05) is 13.2 Å². The quantitative estimate of drug-likeness (QED) is 0.786. The molecule has 5 heteroatoms. The summed E-state index contributed by atoms with van der Waals surface area (Å²) < 4.78 is 10.4. The summed E-state index contributed by atoms with van der Waals surface area (Å²) in [5.41, 5.74) is -0.514. The molecule has 0 aromatic rings. The molecule has 1 amide bonds. The van der Waals surface area contributed by atoms with E-state index in [1.54, 1.807) is 0 Å². The molecular formula is C12H23NO4. The lowest BCUT2D eigenvalue weighted by atomic mass is 9.92. The van der Waals surface area contributed by atoms with Crippen molar-refractivity contribution in [3.63, 3.8) is 0 Å². The fourth-order valence-electron chi connectivity index (χ4n) is 1.89. The second-order valence-electron chi connectivity index (χ2n) is 5.39. The maximum absolute atomic E-state index is 11.6. The van der Waals surface area contributed by atoms with E-state index in [0.717, 1.165) is 12.8 Å². The number of aliphatic hydroxyl groups is 1. The minimum Gasteiger partial charge on any atom is -0.444 e. The highest BCUT2D eigenvalue weighted by atomic mass is 16.6. The lowest BCUT2D eigenvalue weighted by Gasteiger charge is -2.30. The first kappa shape index (κ1) is 14.3. The number of aliphatic hydroxyl groups excluding tert-OH is 1. The molecule has 1 atom stereocenters. The van der Waals surface area contributed by atoms with Crippen molar-refractivity contribution >= 4 is 6.09 Å². The number of carbonyl (C=O) groups excluding carboxylic acids is 1. The van der Waals surface area contributed by atoms with Gasteiger partial charge in [0.15, 0.2) is 0 Å². The minimum atomic E-state index is -0.514. The molecule has 5 nitrogen and oxygen atoms in total. The second kappa shape index (κ2) is 6.21. The van der Waals surface area contributed by atoms with Gasteiger partial charge in [-0.1, -0.05) is 0 Å². The standard InChI is InChI=1S/C12H23NO4/c1-12(2,3)17-11(15)13-10(8-14)9-4-6-16-7-5-9/h9-10,14H,4-8H2,1-3H3,(H,13,15). The molecule has 1 unspecified atom stereocenters. The molecule has 1 aliphatic rings. The SMILES string of the molecule is CC(C)(C)OC(=O)NC(CO)C1CCOCC1. The van der Waals surface area contributed by atoms with Crippen LogP contribution in [0.1, 0.15) is 33.6 Å². The van der Waals surface area contributed by atoms with Crippen molar-refractivity contribution in [3.05, 3.63) is 0 Å². The third-order valence-corrected chi connectivity index (χ3v) is 2.73. The number of hydrogen-bond donors (Lipinski definition) is 2. The first-order valence-corrected chi connectivity index (χ1v) is 6.10. The van der Waals surface area contributed by atoms with E-state index in [1.807, 2.05) is 20.8 Å². The van der Waals surface area contributed by atoms with Gasteiger partial charge in [-0.05, 0) is 39.5 Å². The maximum atomic E-state index is 11.6. The molecule has 0 saturated carbocycles. The van der Waals surface area contributed by atoms with E-state index in [4.69, 9.17) is 9.47 Å². The van der Waals surface area contributed by atoms with Crippen LogP contribution >= 0.6 is 0 Å². The van der Waals surface area contributed by atoms with Crippen LogP contribution in [0.5, 0.6) is 0 Å². The average molecular weight is 245 g/mol. The highest BCUT2D eigenvalue weighted by Gasteiger charge is 2.26. The van der Waals surface area contributed by atoms with Crippen LogP contribution in [0.2, 0.25) is 0 Å². The van der Waals surface area contributed by atoms with E-state index < -0.39 is 11.7 Å². The number of nitrogens with one attached hydrogen (secondary N) is 1. The summed E-state index contributed by atoms with van der Waals surface area (Å²) in [6.45, 7) is 6.76.